The van der Waals surface area contributed by atoms with Crippen LogP contribution in [0.1, 0.15) is 232 Å². The van der Waals surface area contributed by atoms with Crippen LogP contribution >= 0.6 is 0 Å². The molecule has 3 rings (SSSR count). The molecule has 3 aliphatic heterocycles. The summed E-state index contributed by atoms with van der Waals surface area (Å²) in [6, 6.07) is -1.05. The third kappa shape index (κ3) is 37.5. The number of allylic oxidation sites excluding steroid dienone is 17. The van der Waals surface area contributed by atoms with Crippen LogP contribution in [0.15, 0.2) is 109 Å². The molecular weight excluding hydrogens is 1210 g/mol. The van der Waals surface area contributed by atoms with Gasteiger partial charge in [0.2, 0.25) is 5.91 Å². The molecular formula is C76H129NO18. The van der Waals surface area contributed by atoms with E-state index in [2.05, 4.69) is 104 Å². The molecule has 17 atom stereocenters. The van der Waals surface area contributed by atoms with Gasteiger partial charge < -0.3 is 89.9 Å². The first-order valence-corrected chi connectivity index (χ1v) is 36.6. The van der Waals surface area contributed by atoms with Crippen LogP contribution in [0.4, 0.5) is 0 Å². The monoisotopic (exact) mass is 1340 g/mol. The molecule has 0 aromatic heterocycles. The Hall–Kier alpha value is -3.55. The topological polar surface area (TPSA) is 307 Å². The number of carbonyl (C=O) groups is 1. The Morgan fingerprint density at radius 3 is 1.17 bits per heavy atom. The van der Waals surface area contributed by atoms with Gasteiger partial charge in [-0.05, 0) is 83.5 Å². The Bertz CT molecular complexity index is 2140. The number of unbranched alkanes of at least 4 members (excludes halogenated alkanes) is 23. The number of nitrogens with one attached hydrogen (secondary N) is 1. The molecule has 0 bridgehead atoms. The lowest BCUT2D eigenvalue weighted by atomic mass is 9.96. The van der Waals surface area contributed by atoms with Crippen molar-refractivity contribution >= 4 is 5.91 Å². The highest BCUT2D eigenvalue weighted by Crippen LogP contribution is 2.33. The van der Waals surface area contributed by atoms with Gasteiger partial charge >= 0.3 is 0 Å². The zero-order valence-electron chi connectivity index (χ0n) is 57.9. The minimum atomic E-state index is -2.00. The van der Waals surface area contributed by atoms with Gasteiger partial charge in [-0.1, -0.05) is 252 Å². The molecule has 546 valence electrons. The Morgan fingerprint density at radius 1 is 0.389 bits per heavy atom. The number of ether oxygens (including phenoxy) is 6. The van der Waals surface area contributed by atoms with Crippen molar-refractivity contribution in [3.8, 4) is 0 Å². The van der Waals surface area contributed by atoms with Crippen molar-refractivity contribution in [3.63, 3.8) is 0 Å². The zero-order chi connectivity index (χ0) is 68.9. The highest BCUT2D eigenvalue weighted by atomic mass is 16.8. The Morgan fingerprint density at radius 2 is 0.737 bits per heavy atom. The zero-order valence-corrected chi connectivity index (χ0v) is 57.9. The molecule has 95 heavy (non-hydrogen) atoms. The van der Waals surface area contributed by atoms with Crippen molar-refractivity contribution in [2.45, 2.75) is 336 Å². The van der Waals surface area contributed by atoms with Gasteiger partial charge in [0.25, 0.3) is 0 Å². The molecule has 0 radical (unpaired) electrons. The van der Waals surface area contributed by atoms with E-state index in [1.165, 1.54) is 135 Å². The normalized spacial score (nSPS) is 27.9. The summed E-state index contributed by atoms with van der Waals surface area (Å²) in [5.74, 6) is -0.375. The number of aliphatic hydroxyl groups excluding tert-OH is 11. The molecule has 1 amide bonds. The molecule has 3 saturated heterocycles. The van der Waals surface area contributed by atoms with Crippen LogP contribution in [0, 0.1) is 0 Å². The van der Waals surface area contributed by atoms with E-state index in [1.54, 1.807) is 6.08 Å². The fourth-order valence-corrected chi connectivity index (χ4v) is 11.7. The molecule has 19 heteroatoms. The summed E-state index contributed by atoms with van der Waals surface area (Å²) in [6.07, 6.45) is 49.6. The van der Waals surface area contributed by atoms with Gasteiger partial charge in [-0.15, -0.1) is 0 Å². The first-order valence-electron chi connectivity index (χ1n) is 36.6. The van der Waals surface area contributed by atoms with E-state index < -0.39 is 131 Å². The Balaban J connectivity index is 1.44. The second-order valence-electron chi connectivity index (χ2n) is 25.6. The summed E-state index contributed by atoms with van der Waals surface area (Å²) in [7, 11) is 0. The second-order valence-corrected chi connectivity index (χ2v) is 25.6. The summed E-state index contributed by atoms with van der Waals surface area (Å²) < 4.78 is 34.3. The first-order chi connectivity index (χ1) is 46.3. The predicted molar refractivity (Wildman–Crippen MR) is 374 cm³/mol. The van der Waals surface area contributed by atoms with Gasteiger partial charge in [0.1, 0.15) is 73.2 Å². The fourth-order valence-electron chi connectivity index (χ4n) is 11.7. The molecule has 0 spiro atoms. The molecule has 3 fully saturated rings. The van der Waals surface area contributed by atoms with Crippen molar-refractivity contribution in [3.05, 3.63) is 109 Å². The summed E-state index contributed by atoms with van der Waals surface area (Å²) >= 11 is 0. The van der Waals surface area contributed by atoms with Crippen LogP contribution < -0.4 is 5.32 Å². The lowest BCUT2D eigenvalue weighted by Crippen LogP contribution is -2.66. The van der Waals surface area contributed by atoms with Gasteiger partial charge in [-0.2, -0.15) is 0 Å². The van der Waals surface area contributed by atoms with Crippen LogP contribution in [0.3, 0.4) is 0 Å². The van der Waals surface area contributed by atoms with Crippen LogP contribution in [0.2, 0.25) is 0 Å². The number of aliphatic hydroxyl groups is 11. The van der Waals surface area contributed by atoms with E-state index >= 15 is 0 Å². The number of carbonyl (C=O) groups excluding carboxylic acids is 1. The SMILES string of the molecule is CC/C=C\C/C=C\C/C=C\C/C=C\C/C=C\C/C=C\CCC(=O)NC(COC1OC(CO)C(OC2OC(CO)C(OC3OC(CO)C(O)C(O)C3O)C(O)C2O)C(O)C1O)C(O)/C=C/CC/C=C/CC/C=C/CCCCCCCCCCCCCCCCCCCCCCC. The van der Waals surface area contributed by atoms with Crippen molar-refractivity contribution in [1.29, 1.82) is 0 Å². The van der Waals surface area contributed by atoms with Gasteiger partial charge in [0.15, 0.2) is 18.9 Å². The van der Waals surface area contributed by atoms with Gasteiger partial charge in [0, 0.05) is 6.42 Å². The van der Waals surface area contributed by atoms with Gasteiger partial charge in [-0.25, -0.2) is 0 Å². The molecule has 0 aromatic rings. The van der Waals surface area contributed by atoms with Crippen molar-refractivity contribution in [1.82, 2.24) is 5.32 Å². The maximum Gasteiger partial charge on any atom is 0.220 e. The number of amides is 1. The maximum absolute atomic E-state index is 13.4. The van der Waals surface area contributed by atoms with E-state index in [4.69, 9.17) is 28.4 Å². The minimum Gasteiger partial charge on any atom is -0.394 e. The lowest BCUT2D eigenvalue weighted by Gasteiger charge is -2.48. The van der Waals surface area contributed by atoms with Crippen molar-refractivity contribution < 1.29 is 89.4 Å². The average Bonchev–Trinajstić information content (AvgIpc) is 0.787. The Kier molecular flexibility index (Phi) is 50.7. The van der Waals surface area contributed by atoms with Crippen LogP contribution in [-0.4, -0.2) is 193 Å². The van der Waals surface area contributed by atoms with E-state index in [-0.39, 0.29) is 12.3 Å². The van der Waals surface area contributed by atoms with Crippen molar-refractivity contribution in [2.24, 2.45) is 0 Å². The predicted octanol–water partition coefficient (Wildman–Crippen LogP) is 10.6. The Labute approximate surface area is 570 Å². The molecule has 0 aromatic carbocycles. The third-order valence-electron chi connectivity index (χ3n) is 17.5. The summed E-state index contributed by atoms with van der Waals surface area (Å²) in [6.45, 7) is 1.54. The molecule has 19 nitrogen and oxygen atoms in total. The van der Waals surface area contributed by atoms with E-state index in [0.29, 0.717) is 19.3 Å². The molecule has 0 saturated carbocycles. The second kappa shape index (κ2) is 56.2. The lowest BCUT2D eigenvalue weighted by molar-refractivity contribution is -0.379. The molecule has 17 unspecified atom stereocenters. The fraction of sp³-hybridized carbons (Fsp3) is 0.750. The van der Waals surface area contributed by atoms with Gasteiger partial charge in [-0.3, -0.25) is 4.79 Å². The van der Waals surface area contributed by atoms with Crippen LogP contribution in [-0.2, 0) is 33.2 Å². The number of hydrogen-bond acceptors (Lipinski definition) is 18. The summed E-state index contributed by atoms with van der Waals surface area (Å²) in [4.78, 5) is 13.4. The smallest absolute Gasteiger partial charge is 0.220 e. The quantitative estimate of drug-likeness (QED) is 0.0199. The third-order valence-corrected chi connectivity index (χ3v) is 17.5. The van der Waals surface area contributed by atoms with E-state index in [9.17, 15) is 61.0 Å². The summed E-state index contributed by atoms with van der Waals surface area (Å²) in [5, 5.41) is 120. The molecule has 3 aliphatic rings. The minimum absolute atomic E-state index is 0.100. The van der Waals surface area contributed by atoms with Crippen molar-refractivity contribution in [2.75, 3.05) is 26.4 Å². The number of rotatable bonds is 55. The largest absolute Gasteiger partial charge is 0.394 e. The maximum atomic E-state index is 13.4. The standard InChI is InChI=1S/C76H129NO18/c1-3-5-7-9-11-13-15-17-19-21-23-24-25-26-27-28-29-30-31-32-33-34-36-37-39-41-43-45-47-49-51-53-60(81)59(77-64(82)54-52-50-48-46-44-42-40-38-35-22-20-18-16-14-12-10-8-6-4-2)58-90-74-70(88)67(85)72(62(56-79)92-74)95-76-71(89)68(86)73(63(57-80)93-76)94-75-69(87)66(84)65(83)61(55-78)91-75/h6,8,12,14,18,20,35-38,42-45,48,50-51,53,59-63,65-76,78-81,83-89H,3-5,7,9-11,13,15-17,19,21-34,39-41,46-47,49,52,54-58H2,1-2H3,(H,77,82)/b8-6-,14-12-,20-18-,37-36+,38-35-,44-42-,45-43+,50-48-,53-51+. The molecule has 12 N–H and O–H groups in total. The van der Waals surface area contributed by atoms with Crippen LogP contribution in [0.25, 0.3) is 0 Å². The average molecular weight is 1340 g/mol. The highest BCUT2D eigenvalue weighted by Gasteiger charge is 2.53. The molecule has 3 heterocycles. The number of hydrogen-bond donors (Lipinski definition) is 12. The first kappa shape index (κ1) is 85.7. The highest BCUT2D eigenvalue weighted by molar-refractivity contribution is 5.76. The van der Waals surface area contributed by atoms with E-state index in [1.807, 2.05) is 18.2 Å². The molecule has 0 aliphatic carbocycles. The summed E-state index contributed by atoms with van der Waals surface area (Å²) in [5.41, 5.74) is 0. The van der Waals surface area contributed by atoms with Crippen LogP contribution in [0.5, 0.6) is 0 Å². The van der Waals surface area contributed by atoms with E-state index in [0.717, 1.165) is 57.8 Å². The van der Waals surface area contributed by atoms with Gasteiger partial charge in [0.05, 0.1) is 38.6 Å².